The Kier molecular flexibility index (Phi) is 3.64. The molecule has 0 atom stereocenters. The number of nitrogens with zero attached hydrogens (tertiary/aromatic N) is 2. The van der Waals surface area contributed by atoms with Gasteiger partial charge in [0.2, 0.25) is 0 Å². The molecule has 2 heterocycles. The summed E-state index contributed by atoms with van der Waals surface area (Å²) < 4.78 is 2.24. The highest BCUT2D eigenvalue weighted by molar-refractivity contribution is 7.15. The van der Waals surface area contributed by atoms with Crippen molar-refractivity contribution in [3.05, 3.63) is 28.0 Å². The zero-order valence-electron chi connectivity index (χ0n) is 10.9. The molecule has 0 bridgehead atoms. The molecule has 0 unspecified atom stereocenters. The predicted octanol–water partition coefficient (Wildman–Crippen LogP) is 3.03. The minimum atomic E-state index is 0.937. The van der Waals surface area contributed by atoms with E-state index in [1.807, 2.05) is 7.05 Å². The van der Waals surface area contributed by atoms with Gasteiger partial charge in [0.1, 0.15) is 0 Å². The minimum Gasteiger partial charge on any atom is -0.316 e. The summed E-state index contributed by atoms with van der Waals surface area (Å²) in [7, 11) is 1.98. The molecular formula is C13H19N3S. The summed E-state index contributed by atoms with van der Waals surface area (Å²) in [4.78, 5) is 5.69. The zero-order valence-corrected chi connectivity index (χ0v) is 11.7. The molecule has 0 aliphatic rings. The quantitative estimate of drug-likeness (QED) is 0.902. The normalized spacial score (nSPS) is 12.6. The van der Waals surface area contributed by atoms with Crippen molar-refractivity contribution in [1.82, 2.24) is 14.7 Å². The molecule has 4 heteroatoms. The number of likely N-dealkylation sites (N-methyl/N-ethyl adjacent to an activating group) is 1. The number of fused-ring (bicyclic) bond motifs is 1. The molecular weight excluding hydrogens is 230 g/mol. The van der Waals surface area contributed by atoms with E-state index in [2.05, 4.69) is 46.9 Å². The number of hydrogen-bond donors (Lipinski definition) is 1. The Balaban J connectivity index is 2.53. The maximum atomic E-state index is 4.60. The van der Waals surface area contributed by atoms with Crippen molar-refractivity contribution in [3.8, 4) is 0 Å². The Morgan fingerprint density at radius 3 is 2.94 bits per heavy atom. The van der Waals surface area contributed by atoms with Gasteiger partial charge >= 0.3 is 0 Å². The Bertz CT molecular complexity index is 548. The maximum Gasteiger partial charge on any atom is 0.194 e. The van der Waals surface area contributed by atoms with Gasteiger partial charge in [-0.15, -0.1) is 11.3 Å². The minimum absolute atomic E-state index is 0.937. The Hall–Kier alpha value is -1.13. The fraction of sp³-hybridized carbons (Fsp3) is 0.462. The molecule has 1 N–H and O–H groups in total. The van der Waals surface area contributed by atoms with Crippen molar-refractivity contribution < 1.29 is 0 Å². The zero-order chi connectivity index (χ0) is 12.4. The molecule has 0 amide bonds. The standard InChI is InChI=1S/C13H19N3S/c1-5-11(7-14-4)6-12-10(3)15-13-16(12)9(2)8-17-13/h6,8,14H,5,7H2,1-4H3. The van der Waals surface area contributed by atoms with Crippen LogP contribution in [0.4, 0.5) is 0 Å². The molecule has 2 aromatic rings. The van der Waals surface area contributed by atoms with E-state index in [-0.39, 0.29) is 0 Å². The van der Waals surface area contributed by atoms with E-state index >= 15 is 0 Å². The van der Waals surface area contributed by atoms with Crippen LogP contribution >= 0.6 is 11.3 Å². The van der Waals surface area contributed by atoms with Crippen LogP contribution in [-0.2, 0) is 0 Å². The Morgan fingerprint density at radius 1 is 1.53 bits per heavy atom. The third-order valence-electron chi connectivity index (χ3n) is 2.95. The van der Waals surface area contributed by atoms with E-state index in [0.717, 1.165) is 23.6 Å². The second kappa shape index (κ2) is 5.02. The molecule has 0 saturated heterocycles. The first kappa shape index (κ1) is 12.3. The topological polar surface area (TPSA) is 29.3 Å². The van der Waals surface area contributed by atoms with E-state index in [4.69, 9.17) is 0 Å². The van der Waals surface area contributed by atoms with Crippen molar-refractivity contribution in [3.63, 3.8) is 0 Å². The summed E-state index contributed by atoms with van der Waals surface area (Å²) >= 11 is 1.70. The van der Waals surface area contributed by atoms with Gasteiger partial charge in [0.25, 0.3) is 0 Å². The summed E-state index contributed by atoms with van der Waals surface area (Å²) in [6, 6.07) is 0. The van der Waals surface area contributed by atoms with Gasteiger partial charge < -0.3 is 5.32 Å². The molecule has 0 spiro atoms. The van der Waals surface area contributed by atoms with E-state index in [0.29, 0.717) is 0 Å². The monoisotopic (exact) mass is 249 g/mol. The van der Waals surface area contributed by atoms with E-state index in [9.17, 15) is 0 Å². The highest BCUT2D eigenvalue weighted by Gasteiger charge is 2.10. The van der Waals surface area contributed by atoms with Crippen LogP contribution in [0, 0.1) is 13.8 Å². The number of imidazole rings is 1. The number of aryl methyl sites for hydroxylation is 2. The van der Waals surface area contributed by atoms with Gasteiger partial charge in [0, 0.05) is 17.6 Å². The van der Waals surface area contributed by atoms with Gasteiger partial charge in [-0.05, 0) is 33.4 Å². The molecule has 3 nitrogen and oxygen atoms in total. The van der Waals surface area contributed by atoms with Gasteiger partial charge in [-0.2, -0.15) is 0 Å². The molecule has 0 saturated carbocycles. The molecule has 0 aliphatic carbocycles. The first-order chi connectivity index (χ1) is 8.17. The average molecular weight is 249 g/mol. The largest absolute Gasteiger partial charge is 0.316 e. The van der Waals surface area contributed by atoms with Gasteiger partial charge in [0.15, 0.2) is 4.96 Å². The lowest BCUT2D eigenvalue weighted by molar-refractivity contribution is 0.849. The average Bonchev–Trinajstić information content (AvgIpc) is 2.80. The van der Waals surface area contributed by atoms with E-state index in [1.165, 1.54) is 17.0 Å². The van der Waals surface area contributed by atoms with Crippen molar-refractivity contribution in [2.24, 2.45) is 0 Å². The van der Waals surface area contributed by atoms with E-state index in [1.54, 1.807) is 11.3 Å². The Labute approximate surface area is 106 Å². The summed E-state index contributed by atoms with van der Waals surface area (Å²) in [6.45, 7) is 7.34. The van der Waals surface area contributed by atoms with Crippen LogP contribution in [0.15, 0.2) is 11.0 Å². The fourth-order valence-electron chi connectivity index (χ4n) is 1.99. The SMILES string of the molecule is CCC(=Cc1c(C)nc2scc(C)n12)CNC. The molecule has 0 aromatic carbocycles. The predicted molar refractivity (Wildman–Crippen MR) is 74.7 cm³/mol. The second-order valence-electron chi connectivity index (χ2n) is 4.26. The second-order valence-corrected chi connectivity index (χ2v) is 5.10. The van der Waals surface area contributed by atoms with Crippen LogP contribution in [0.2, 0.25) is 0 Å². The molecule has 92 valence electrons. The summed E-state index contributed by atoms with van der Waals surface area (Å²) in [5.41, 5.74) is 5.01. The van der Waals surface area contributed by atoms with Gasteiger partial charge in [-0.1, -0.05) is 12.5 Å². The third-order valence-corrected chi connectivity index (χ3v) is 3.90. The Morgan fingerprint density at radius 2 is 2.29 bits per heavy atom. The summed E-state index contributed by atoms with van der Waals surface area (Å²) in [5, 5.41) is 5.37. The highest BCUT2D eigenvalue weighted by atomic mass is 32.1. The summed E-state index contributed by atoms with van der Waals surface area (Å²) in [6.07, 6.45) is 3.34. The number of rotatable bonds is 4. The first-order valence-corrected chi connectivity index (χ1v) is 6.82. The fourth-order valence-corrected chi connectivity index (χ4v) is 2.91. The number of aromatic nitrogens is 2. The molecule has 17 heavy (non-hydrogen) atoms. The summed E-state index contributed by atoms with van der Waals surface area (Å²) in [5.74, 6) is 0. The van der Waals surface area contributed by atoms with Gasteiger partial charge in [-0.25, -0.2) is 4.98 Å². The van der Waals surface area contributed by atoms with Gasteiger partial charge in [0.05, 0.1) is 11.4 Å². The van der Waals surface area contributed by atoms with Crippen LogP contribution in [0.3, 0.4) is 0 Å². The van der Waals surface area contributed by atoms with Crippen LogP contribution in [0.1, 0.15) is 30.4 Å². The number of nitrogens with one attached hydrogen (secondary N) is 1. The molecule has 0 aliphatic heterocycles. The highest BCUT2D eigenvalue weighted by Crippen LogP contribution is 2.22. The molecule has 2 rings (SSSR count). The van der Waals surface area contributed by atoms with Crippen LogP contribution < -0.4 is 5.32 Å². The first-order valence-electron chi connectivity index (χ1n) is 5.94. The number of thiazole rings is 1. The molecule has 0 fully saturated rings. The van der Waals surface area contributed by atoms with Crippen LogP contribution in [0.5, 0.6) is 0 Å². The lowest BCUT2D eigenvalue weighted by atomic mass is 10.1. The van der Waals surface area contributed by atoms with Crippen molar-refractivity contribution in [2.75, 3.05) is 13.6 Å². The lowest BCUT2D eigenvalue weighted by Gasteiger charge is -2.04. The van der Waals surface area contributed by atoms with E-state index < -0.39 is 0 Å². The van der Waals surface area contributed by atoms with Gasteiger partial charge in [-0.3, -0.25) is 4.40 Å². The van der Waals surface area contributed by atoms with Crippen molar-refractivity contribution >= 4 is 22.4 Å². The molecule has 2 aromatic heterocycles. The maximum absolute atomic E-state index is 4.60. The third kappa shape index (κ3) is 2.28. The lowest BCUT2D eigenvalue weighted by Crippen LogP contribution is -2.10. The van der Waals surface area contributed by atoms with Crippen LogP contribution in [-0.4, -0.2) is 23.0 Å². The smallest absolute Gasteiger partial charge is 0.194 e. The number of hydrogen-bond acceptors (Lipinski definition) is 3. The van der Waals surface area contributed by atoms with Crippen molar-refractivity contribution in [2.45, 2.75) is 27.2 Å². The molecule has 0 radical (unpaired) electrons. The van der Waals surface area contributed by atoms with Crippen LogP contribution in [0.25, 0.3) is 11.0 Å². The van der Waals surface area contributed by atoms with Crippen molar-refractivity contribution in [1.29, 1.82) is 0 Å².